The lowest BCUT2D eigenvalue weighted by atomic mass is 10.3. The summed E-state index contributed by atoms with van der Waals surface area (Å²) in [6.07, 6.45) is 0.734. The van der Waals surface area contributed by atoms with Gasteiger partial charge in [0.15, 0.2) is 0 Å². The molecule has 0 radical (unpaired) electrons. The third-order valence-electron chi connectivity index (χ3n) is 2.72. The Morgan fingerprint density at radius 2 is 2.11 bits per heavy atom. The molecular weight excluding hydrogens is 292 g/mol. The minimum atomic E-state index is -3.71. The van der Waals surface area contributed by atoms with Crippen molar-refractivity contribution in [3.63, 3.8) is 0 Å². The smallest absolute Gasteiger partial charge is 0.329 e. The van der Waals surface area contributed by atoms with E-state index in [0.717, 1.165) is 11.3 Å². The maximum Gasteiger partial charge on any atom is 0.329 e. The predicted molar refractivity (Wildman–Crippen MR) is 67.3 cm³/mol. The lowest BCUT2D eigenvalue weighted by molar-refractivity contribution is -0.142. The van der Waals surface area contributed by atoms with Crippen molar-refractivity contribution in [2.75, 3.05) is 6.54 Å². The predicted octanol–water partition coefficient (Wildman–Crippen LogP) is -0.240. The average Bonchev–Trinajstić information content (AvgIpc) is 2.91. The van der Waals surface area contributed by atoms with Crippen LogP contribution in [0.15, 0.2) is 21.7 Å². The normalized spacial score (nSPS) is 16.8. The molecule has 1 aromatic heterocycles. The zero-order chi connectivity index (χ0) is 14.1. The van der Waals surface area contributed by atoms with Crippen LogP contribution in [0.1, 0.15) is 12.8 Å². The Labute approximate surface area is 113 Å². The minimum absolute atomic E-state index is 0.111. The van der Waals surface area contributed by atoms with Crippen molar-refractivity contribution in [1.82, 2.24) is 10.0 Å². The molecule has 0 atom stereocenters. The van der Waals surface area contributed by atoms with Gasteiger partial charge >= 0.3 is 5.97 Å². The third-order valence-corrected chi connectivity index (χ3v) is 5.52. The molecule has 1 aliphatic rings. The van der Waals surface area contributed by atoms with E-state index in [2.05, 4.69) is 10.0 Å². The Bertz CT molecular complexity index is 589. The molecule has 0 saturated heterocycles. The molecule has 0 unspecified atom stereocenters. The second kappa shape index (κ2) is 4.91. The van der Waals surface area contributed by atoms with Crippen LogP contribution in [0.3, 0.4) is 0 Å². The SMILES string of the molecule is O=C(CNS(=O)(=O)c1cccs1)NC1(C(=O)O)CC1. The van der Waals surface area contributed by atoms with E-state index >= 15 is 0 Å². The van der Waals surface area contributed by atoms with Crippen LogP contribution in [-0.2, 0) is 19.6 Å². The highest BCUT2D eigenvalue weighted by atomic mass is 32.2. The first-order valence-corrected chi connectivity index (χ1v) is 7.80. The average molecular weight is 304 g/mol. The number of sulfonamides is 1. The zero-order valence-electron chi connectivity index (χ0n) is 9.75. The number of aliphatic carboxylic acids is 1. The fourth-order valence-corrected chi connectivity index (χ4v) is 3.50. The van der Waals surface area contributed by atoms with Gasteiger partial charge in [0.05, 0.1) is 6.54 Å². The number of carbonyl (C=O) groups is 2. The van der Waals surface area contributed by atoms with Gasteiger partial charge in [0, 0.05) is 0 Å². The van der Waals surface area contributed by atoms with Crippen molar-refractivity contribution in [2.24, 2.45) is 0 Å². The number of carboxylic acid groups (broad SMARTS) is 1. The fourth-order valence-electron chi connectivity index (χ4n) is 1.48. The molecule has 104 valence electrons. The molecule has 1 amide bonds. The molecule has 19 heavy (non-hydrogen) atoms. The Hall–Kier alpha value is -1.45. The summed E-state index contributed by atoms with van der Waals surface area (Å²) < 4.78 is 25.7. The molecule has 1 heterocycles. The molecule has 3 N–H and O–H groups in total. The first-order valence-electron chi connectivity index (χ1n) is 5.43. The molecule has 1 saturated carbocycles. The summed E-state index contributed by atoms with van der Waals surface area (Å²) in [6.45, 7) is -0.477. The molecule has 0 spiro atoms. The van der Waals surface area contributed by atoms with Gasteiger partial charge in [0.25, 0.3) is 10.0 Å². The third kappa shape index (κ3) is 3.11. The molecule has 0 bridgehead atoms. The second-order valence-electron chi connectivity index (χ2n) is 4.19. The number of amides is 1. The highest BCUT2D eigenvalue weighted by Gasteiger charge is 2.51. The van der Waals surface area contributed by atoms with Crippen LogP contribution in [0.4, 0.5) is 0 Å². The molecule has 7 nitrogen and oxygen atoms in total. The van der Waals surface area contributed by atoms with Crippen molar-refractivity contribution < 1.29 is 23.1 Å². The highest BCUT2D eigenvalue weighted by Crippen LogP contribution is 2.35. The molecule has 9 heteroatoms. The fraction of sp³-hybridized carbons (Fsp3) is 0.400. The summed E-state index contributed by atoms with van der Waals surface area (Å²) >= 11 is 1.04. The summed E-state index contributed by atoms with van der Waals surface area (Å²) in [5, 5.41) is 12.8. The van der Waals surface area contributed by atoms with Gasteiger partial charge in [-0.15, -0.1) is 11.3 Å². The zero-order valence-corrected chi connectivity index (χ0v) is 11.4. The molecule has 1 aromatic rings. The summed E-state index contributed by atoms with van der Waals surface area (Å²) in [7, 11) is -3.71. The van der Waals surface area contributed by atoms with Gasteiger partial charge in [0.1, 0.15) is 9.75 Å². The summed E-state index contributed by atoms with van der Waals surface area (Å²) in [6, 6.07) is 3.01. The monoisotopic (exact) mass is 304 g/mol. The molecular formula is C10H12N2O5S2. The lowest BCUT2D eigenvalue weighted by Crippen LogP contribution is -2.47. The number of carbonyl (C=O) groups excluding carboxylic acids is 1. The number of hydrogen-bond donors (Lipinski definition) is 3. The molecule has 1 aliphatic carbocycles. The van der Waals surface area contributed by atoms with Crippen LogP contribution in [0.25, 0.3) is 0 Å². The van der Waals surface area contributed by atoms with Crippen LogP contribution in [0, 0.1) is 0 Å². The van der Waals surface area contributed by atoms with Gasteiger partial charge in [-0.25, -0.2) is 17.9 Å². The van der Waals surface area contributed by atoms with E-state index in [1.807, 2.05) is 0 Å². The topological polar surface area (TPSA) is 113 Å². The Morgan fingerprint density at radius 3 is 2.58 bits per heavy atom. The van der Waals surface area contributed by atoms with Crippen LogP contribution in [-0.4, -0.2) is 37.5 Å². The van der Waals surface area contributed by atoms with Gasteiger partial charge < -0.3 is 10.4 Å². The molecule has 1 fully saturated rings. The first kappa shape index (κ1) is 14.0. The van der Waals surface area contributed by atoms with Crippen molar-refractivity contribution >= 4 is 33.2 Å². The van der Waals surface area contributed by atoms with E-state index in [9.17, 15) is 18.0 Å². The number of hydrogen-bond acceptors (Lipinski definition) is 5. The number of nitrogens with one attached hydrogen (secondary N) is 2. The number of rotatable bonds is 6. The standard InChI is InChI=1S/C10H12N2O5S2/c13-7(12-10(3-4-10)9(14)15)6-11-19(16,17)8-2-1-5-18-8/h1-2,5,11H,3-4,6H2,(H,12,13)(H,14,15). The van der Waals surface area contributed by atoms with Crippen LogP contribution in [0.5, 0.6) is 0 Å². The summed E-state index contributed by atoms with van der Waals surface area (Å²) in [5.74, 6) is -1.75. The quantitative estimate of drug-likeness (QED) is 0.671. The van der Waals surface area contributed by atoms with Gasteiger partial charge in [0.2, 0.25) is 5.91 Å². The molecule has 0 aromatic carbocycles. The number of thiophene rings is 1. The van der Waals surface area contributed by atoms with Gasteiger partial charge in [-0.2, -0.15) is 0 Å². The van der Waals surface area contributed by atoms with E-state index in [0.29, 0.717) is 12.8 Å². The second-order valence-corrected chi connectivity index (χ2v) is 7.13. The van der Waals surface area contributed by atoms with E-state index in [1.54, 1.807) is 11.4 Å². The highest BCUT2D eigenvalue weighted by molar-refractivity contribution is 7.91. The van der Waals surface area contributed by atoms with Gasteiger partial charge in [-0.1, -0.05) is 6.07 Å². The van der Waals surface area contributed by atoms with Crippen molar-refractivity contribution in [3.05, 3.63) is 17.5 Å². The van der Waals surface area contributed by atoms with Gasteiger partial charge in [-0.05, 0) is 24.3 Å². The van der Waals surface area contributed by atoms with Crippen LogP contribution < -0.4 is 10.0 Å². The van der Waals surface area contributed by atoms with E-state index in [1.165, 1.54) is 6.07 Å². The maximum atomic E-state index is 11.7. The van der Waals surface area contributed by atoms with Crippen molar-refractivity contribution in [3.8, 4) is 0 Å². The minimum Gasteiger partial charge on any atom is -0.480 e. The molecule has 0 aliphatic heterocycles. The largest absolute Gasteiger partial charge is 0.480 e. The van der Waals surface area contributed by atoms with Gasteiger partial charge in [-0.3, -0.25) is 4.79 Å². The molecule has 2 rings (SSSR count). The summed E-state index contributed by atoms with van der Waals surface area (Å²) in [5.41, 5.74) is -1.20. The Morgan fingerprint density at radius 1 is 1.42 bits per heavy atom. The van der Waals surface area contributed by atoms with Crippen LogP contribution in [0.2, 0.25) is 0 Å². The first-order chi connectivity index (χ1) is 8.86. The van der Waals surface area contributed by atoms with Crippen molar-refractivity contribution in [1.29, 1.82) is 0 Å². The Balaban J connectivity index is 1.90. The van der Waals surface area contributed by atoms with Crippen molar-refractivity contribution in [2.45, 2.75) is 22.6 Å². The number of carboxylic acids is 1. The van der Waals surface area contributed by atoms with Crippen LogP contribution >= 0.6 is 11.3 Å². The van der Waals surface area contributed by atoms with E-state index < -0.39 is 34.0 Å². The summed E-state index contributed by atoms with van der Waals surface area (Å²) in [4.78, 5) is 22.4. The van der Waals surface area contributed by atoms with E-state index in [-0.39, 0.29) is 4.21 Å². The maximum absolute atomic E-state index is 11.7. The lowest BCUT2D eigenvalue weighted by Gasteiger charge is -2.12. The van der Waals surface area contributed by atoms with E-state index in [4.69, 9.17) is 5.11 Å². The Kier molecular flexibility index (Phi) is 3.61.